The molecule has 1 aromatic heterocycles. The minimum atomic E-state index is 0.552. The van der Waals surface area contributed by atoms with Gasteiger partial charge in [0.1, 0.15) is 5.84 Å². The summed E-state index contributed by atoms with van der Waals surface area (Å²) in [4.78, 5) is 5.45. The maximum atomic E-state index is 6.03. The molecular formula is C20H19Cl2N3S. The maximum Gasteiger partial charge on any atom is 0.141 e. The Balaban J connectivity index is 1.48. The van der Waals surface area contributed by atoms with Crippen LogP contribution in [0.5, 0.6) is 0 Å². The summed E-state index contributed by atoms with van der Waals surface area (Å²) in [7, 11) is 0. The molecule has 0 unspecified atom stereocenters. The average molecular weight is 404 g/mol. The highest BCUT2D eigenvalue weighted by atomic mass is 35.5. The number of hydrogen-bond donors (Lipinski definition) is 2. The quantitative estimate of drug-likeness (QED) is 0.314. The van der Waals surface area contributed by atoms with E-state index in [0.717, 1.165) is 35.6 Å². The Labute approximate surface area is 167 Å². The monoisotopic (exact) mass is 403 g/mol. The molecule has 0 bridgehead atoms. The Bertz CT molecular complexity index is 875. The fraction of sp³-hybridized carbons (Fsp3) is 0.150. The van der Waals surface area contributed by atoms with Gasteiger partial charge in [0, 0.05) is 6.54 Å². The minimum Gasteiger partial charge on any atom is -0.383 e. The van der Waals surface area contributed by atoms with Crippen molar-refractivity contribution < 1.29 is 0 Å². The van der Waals surface area contributed by atoms with Crippen molar-refractivity contribution >= 4 is 46.1 Å². The normalized spacial score (nSPS) is 11.7. The molecule has 0 saturated heterocycles. The largest absolute Gasteiger partial charge is 0.383 e. The number of hydrogen-bond acceptors (Lipinski definition) is 3. The van der Waals surface area contributed by atoms with Gasteiger partial charge in [0.2, 0.25) is 0 Å². The number of aliphatic imine (C=N–C) groups is 1. The molecule has 2 aromatic carbocycles. The Hall–Kier alpha value is -1.85. The first kappa shape index (κ1) is 18.9. The lowest BCUT2D eigenvalue weighted by atomic mass is 10.1. The molecule has 3 aromatic rings. The van der Waals surface area contributed by atoms with Crippen molar-refractivity contribution in [3.8, 4) is 0 Å². The summed E-state index contributed by atoms with van der Waals surface area (Å²) in [5.41, 5.74) is 9.25. The van der Waals surface area contributed by atoms with Crippen LogP contribution in [0.3, 0.4) is 0 Å². The molecule has 26 heavy (non-hydrogen) atoms. The summed E-state index contributed by atoms with van der Waals surface area (Å²) in [5.74, 6) is 0.552. The first-order valence-electron chi connectivity index (χ1n) is 8.23. The smallest absolute Gasteiger partial charge is 0.141 e. The second kappa shape index (κ2) is 9.19. The van der Waals surface area contributed by atoms with Gasteiger partial charge in [0.25, 0.3) is 0 Å². The number of rotatable bonds is 7. The summed E-state index contributed by atoms with van der Waals surface area (Å²) in [6, 6.07) is 17.8. The van der Waals surface area contributed by atoms with E-state index in [1.807, 2.05) is 47.8 Å². The molecule has 0 aliphatic heterocycles. The van der Waals surface area contributed by atoms with Crippen LogP contribution in [0.1, 0.15) is 16.0 Å². The Kier molecular flexibility index (Phi) is 6.69. The van der Waals surface area contributed by atoms with Gasteiger partial charge in [-0.1, -0.05) is 47.5 Å². The maximum absolute atomic E-state index is 6.03. The van der Waals surface area contributed by atoms with Crippen LogP contribution in [0.4, 0.5) is 5.69 Å². The number of nitrogens with two attached hydrogens (primary N) is 1. The fourth-order valence-corrected chi connectivity index (χ4v) is 3.42. The SMILES string of the molecule is NC(=Nc1ccc(CCNCc2ccc(Cl)c(Cl)c2)cc1)c1cccs1. The highest BCUT2D eigenvalue weighted by Crippen LogP contribution is 2.22. The zero-order chi connectivity index (χ0) is 18.4. The molecule has 0 aliphatic carbocycles. The lowest BCUT2D eigenvalue weighted by Gasteiger charge is -2.07. The van der Waals surface area contributed by atoms with E-state index < -0.39 is 0 Å². The first-order chi connectivity index (χ1) is 12.6. The molecule has 0 radical (unpaired) electrons. The Morgan fingerprint density at radius 2 is 1.77 bits per heavy atom. The summed E-state index contributed by atoms with van der Waals surface area (Å²) < 4.78 is 0. The molecule has 134 valence electrons. The number of benzene rings is 2. The average Bonchev–Trinajstić information content (AvgIpc) is 3.18. The van der Waals surface area contributed by atoms with E-state index in [4.69, 9.17) is 28.9 Å². The van der Waals surface area contributed by atoms with Crippen molar-refractivity contribution in [3.63, 3.8) is 0 Å². The van der Waals surface area contributed by atoms with E-state index in [9.17, 15) is 0 Å². The van der Waals surface area contributed by atoms with E-state index >= 15 is 0 Å². The van der Waals surface area contributed by atoms with Gasteiger partial charge in [0.05, 0.1) is 20.6 Å². The van der Waals surface area contributed by atoms with Gasteiger partial charge in [-0.15, -0.1) is 11.3 Å². The molecule has 0 atom stereocenters. The highest BCUT2D eigenvalue weighted by molar-refractivity contribution is 7.12. The van der Waals surface area contributed by atoms with E-state index in [1.165, 1.54) is 5.56 Å². The van der Waals surface area contributed by atoms with Crippen molar-refractivity contribution in [2.24, 2.45) is 10.7 Å². The van der Waals surface area contributed by atoms with E-state index in [2.05, 4.69) is 22.4 Å². The highest BCUT2D eigenvalue weighted by Gasteiger charge is 2.01. The summed E-state index contributed by atoms with van der Waals surface area (Å²) in [6.45, 7) is 1.64. The van der Waals surface area contributed by atoms with Crippen molar-refractivity contribution in [3.05, 3.63) is 86.0 Å². The third-order valence-corrected chi connectivity index (χ3v) is 5.49. The molecule has 0 fully saturated rings. The molecule has 3 N–H and O–H groups in total. The van der Waals surface area contributed by atoms with Gasteiger partial charge >= 0.3 is 0 Å². The van der Waals surface area contributed by atoms with Gasteiger partial charge in [-0.05, 0) is 59.8 Å². The molecule has 0 amide bonds. The van der Waals surface area contributed by atoms with Crippen LogP contribution in [-0.2, 0) is 13.0 Å². The minimum absolute atomic E-state index is 0.552. The van der Waals surface area contributed by atoms with E-state index in [0.29, 0.717) is 15.9 Å². The van der Waals surface area contributed by atoms with Crippen LogP contribution in [0.15, 0.2) is 65.0 Å². The van der Waals surface area contributed by atoms with Crippen molar-refractivity contribution in [2.75, 3.05) is 6.54 Å². The molecule has 0 aliphatic rings. The van der Waals surface area contributed by atoms with Crippen molar-refractivity contribution in [1.29, 1.82) is 0 Å². The summed E-state index contributed by atoms with van der Waals surface area (Å²) in [5, 5.41) is 6.57. The summed E-state index contributed by atoms with van der Waals surface area (Å²) >= 11 is 13.5. The van der Waals surface area contributed by atoms with Gasteiger partial charge in [-0.3, -0.25) is 0 Å². The van der Waals surface area contributed by atoms with Crippen molar-refractivity contribution in [2.45, 2.75) is 13.0 Å². The lowest BCUT2D eigenvalue weighted by Crippen LogP contribution is -2.16. The number of nitrogens with zero attached hydrogens (tertiary/aromatic N) is 1. The van der Waals surface area contributed by atoms with Crippen LogP contribution in [0, 0.1) is 0 Å². The van der Waals surface area contributed by atoms with Gasteiger partial charge in [-0.2, -0.15) is 0 Å². The van der Waals surface area contributed by atoms with Crippen LogP contribution in [-0.4, -0.2) is 12.4 Å². The second-order valence-electron chi connectivity index (χ2n) is 5.82. The first-order valence-corrected chi connectivity index (χ1v) is 9.87. The van der Waals surface area contributed by atoms with E-state index in [1.54, 1.807) is 11.3 Å². The zero-order valence-electron chi connectivity index (χ0n) is 14.1. The molecule has 3 rings (SSSR count). The van der Waals surface area contributed by atoms with Crippen LogP contribution < -0.4 is 11.1 Å². The standard InChI is InChI=1S/C20H19Cl2N3S/c21-17-8-5-15(12-18(17)22)13-24-10-9-14-3-6-16(7-4-14)25-20(23)19-2-1-11-26-19/h1-8,11-12,24H,9-10,13H2,(H2,23,25). The number of halogens is 2. The third-order valence-electron chi connectivity index (χ3n) is 3.86. The topological polar surface area (TPSA) is 50.4 Å². The fourth-order valence-electron chi connectivity index (χ4n) is 2.47. The molecule has 0 saturated carbocycles. The van der Waals surface area contributed by atoms with Gasteiger partial charge < -0.3 is 11.1 Å². The number of thiophene rings is 1. The second-order valence-corrected chi connectivity index (χ2v) is 7.58. The van der Waals surface area contributed by atoms with Gasteiger partial charge in [-0.25, -0.2) is 4.99 Å². The van der Waals surface area contributed by atoms with Gasteiger partial charge in [0.15, 0.2) is 0 Å². The van der Waals surface area contributed by atoms with Crippen molar-refractivity contribution in [1.82, 2.24) is 5.32 Å². The molecular weight excluding hydrogens is 385 g/mol. The third kappa shape index (κ3) is 5.32. The Morgan fingerprint density at radius 3 is 2.46 bits per heavy atom. The Morgan fingerprint density at radius 1 is 1.00 bits per heavy atom. The molecule has 6 heteroatoms. The molecule has 0 spiro atoms. The van der Waals surface area contributed by atoms with Crippen LogP contribution >= 0.6 is 34.5 Å². The predicted octanol–water partition coefficient (Wildman–Crippen LogP) is 5.42. The van der Waals surface area contributed by atoms with Crippen LogP contribution in [0.25, 0.3) is 0 Å². The van der Waals surface area contributed by atoms with E-state index in [-0.39, 0.29) is 0 Å². The number of amidine groups is 1. The molecule has 1 heterocycles. The molecule has 3 nitrogen and oxygen atoms in total. The zero-order valence-corrected chi connectivity index (χ0v) is 16.4. The lowest BCUT2D eigenvalue weighted by molar-refractivity contribution is 0.687. The summed E-state index contributed by atoms with van der Waals surface area (Å²) in [6.07, 6.45) is 0.936. The number of nitrogens with one attached hydrogen (secondary N) is 1. The predicted molar refractivity (Wildman–Crippen MR) is 113 cm³/mol. The van der Waals surface area contributed by atoms with Crippen LogP contribution in [0.2, 0.25) is 10.0 Å².